The Morgan fingerprint density at radius 1 is 0.966 bits per heavy atom. The SMILES string of the molecule is Cc1cc(N2CCCC2=O)ccc1S(=O)(=O)N(CCCN(C)C)CCCN(C)C. The molecule has 1 aromatic carbocycles. The highest BCUT2D eigenvalue weighted by molar-refractivity contribution is 7.89. The highest BCUT2D eigenvalue weighted by atomic mass is 32.2. The number of rotatable bonds is 11. The van der Waals surface area contributed by atoms with Gasteiger partial charge in [0.25, 0.3) is 0 Å². The van der Waals surface area contributed by atoms with Crippen molar-refractivity contribution < 1.29 is 13.2 Å². The third kappa shape index (κ3) is 6.50. The van der Waals surface area contributed by atoms with Crippen molar-refractivity contribution in [3.05, 3.63) is 23.8 Å². The van der Waals surface area contributed by atoms with Gasteiger partial charge >= 0.3 is 0 Å². The summed E-state index contributed by atoms with van der Waals surface area (Å²) < 4.78 is 28.5. The molecule has 0 atom stereocenters. The van der Waals surface area contributed by atoms with Crippen LogP contribution < -0.4 is 4.90 Å². The molecule has 0 unspecified atom stereocenters. The summed E-state index contributed by atoms with van der Waals surface area (Å²) in [4.78, 5) is 18.2. The lowest BCUT2D eigenvalue weighted by atomic mass is 10.2. The first-order valence-corrected chi connectivity index (χ1v) is 11.8. The molecule has 0 aliphatic carbocycles. The number of amides is 1. The van der Waals surface area contributed by atoms with Crippen LogP contribution in [0.2, 0.25) is 0 Å². The second-order valence-electron chi connectivity index (χ2n) is 8.32. The molecular formula is C21H36N4O3S. The summed E-state index contributed by atoms with van der Waals surface area (Å²) in [6, 6.07) is 5.26. The molecule has 1 amide bonds. The maximum absolute atomic E-state index is 13.4. The summed E-state index contributed by atoms with van der Waals surface area (Å²) in [6.07, 6.45) is 2.98. The quantitative estimate of drug-likeness (QED) is 0.544. The zero-order chi connectivity index (χ0) is 21.6. The molecule has 164 valence electrons. The van der Waals surface area contributed by atoms with Crippen LogP contribution in [0.25, 0.3) is 0 Å². The maximum atomic E-state index is 13.4. The Kier molecular flexibility index (Phi) is 8.63. The van der Waals surface area contributed by atoms with E-state index in [9.17, 15) is 13.2 Å². The molecule has 0 aromatic heterocycles. The van der Waals surface area contributed by atoms with E-state index in [2.05, 4.69) is 9.80 Å². The van der Waals surface area contributed by atoms with Crippen molar-refractivity contribution in [1.82, 2.24) is 14.1 Å². The number of anilines is 1. The van der Waals surface area contributed by atoms with E-state index < -0.39 is 10.0 Å². The third-order valence-electron chi connectivity index (χ3n) is 5.19. The van der Waals surface area contributed by atoms with Gasteiger partial charge in [-0.1, -0.05) is 0 Å². The number of hydrogen-bond donors (Lipinski definition) is 0. The average Bonchev–Trinajstić information content (AvgIpc) is 3.05. The standard InChI is InChI=1S/C21H36N4O3S/c1-18-17-19(25-16-6-9-21(25)26)10-11-20(18)29(27,28)24(14-7-12-22(2)3)15-8-13-23(4)5/h10-11,17H,6-9,12-16H2,1-5H3. The summed E-state index contributed by atoms with van der Waals surface area (Å²) in [5.74, 6) is 0.106. The number of carbonyl (C=O) groups excluding carboxylic acids is 1. The molecule has 1 aromatic rings. The van der Waals surface area contributed by atoms with Crippen LogP contribution in [0.4, 0.5) is 5.69 Å². The van der Waals surface area contributed by atoms with E-state index in [1.54, 1.807) is 21.3 Å². The van der Waals surface area contributed by atoms with Crippen molar-refractivity contribution in [2.24, 2.45) is 0 Å². The summed E-state index contributed by atoms with van der Waals surface area (Å²) >= 11 is 0. The largest absolute Gasteiger partial charge is 0.312 e. The molecule has 1 aliphatic rings. The Balaban J connectivity index is 2.22. The number of nitrogens with zero attached hydrogens (tertiary/aromatic N) is 4. The Morgan fingerprint density at radius 3 is 2.00 bits per heavy atom. The highest BCUT2D eigenvalue weighted by Gasteiger charge is 2.27. The van der Waals surface area contributed by atoms with Gasteiger partial charge in [-0.2, -0.15) is 4.31 Å². The van der Waals surface area contributed by atoms with Crippen molar-refractivity contribution >= 4 is 21.6 Å². The van der Waals surface area contributed by atoms with E-state index in [0.717, 1.165) is 38.0 Å². The monoisotopic (exact) mass is 424 g/mol. The average molecular weight is 425 g/mol. The van der Waals surface area contributed by atoms with Crippen LogP contribution in [0.3, 0.4) is 0 Å². The van der Waals surface area contributed by atoms with Gasteiger partial charge in [-0.25, -0.2) is 8.42 Å². The lowest BCUT2D eigenvalue weighted by Crippen LogP contribution is -2.36. The van der Waals surface area contributed by atoms with Crippen molar-refractivity contribution in [2.75, 3.05) is 65.8 Å². The molecule has 1 fully saturated rings. The Bertz CT molecular complexity index is 779. The second-order valence-corrected chi connectivity index (χ2v) is 10.2. The minimum atomic E-state index is -3.59. The van der Waals surface area contributed by atoms with E-state index in [4.69, 9.17) is 0 Å². The molecule has 0 N–H and O–H groups in total. The van der Waals surface area contributed by atoms with Gasteiger partial charge < -0.3 is 14.7 Å². The van der Waals surface area contributed by atoms with Crippen molar-refractivity contribution in [1.29, 1.82) is 0 Å². The van der Waals surface area contributed by atoms with Gasteiger partial charge in [0.1, 0.15) is 0 Å². The van der Waals surface area contributed by atoms with E-state index in [-0.39, 0.29) is 5.91 Å². The lowest BCUT2D eigenvalue weighted by molar-refractivity contribution is -0.117. The minimum absolute atomic E-state index is 0.106. The number of sulfonamides is 1. The van der Waals surface area contributed by atoms with Crippen molar-refractivity contribution in [2.45, 2.75) is 37.5 Å². The molecule has 1 aliphatic heterocycles. The van der Waals surface area contributed by atoms with Crippen LogP contribution in [-0.2, 0) is 14.8 Å². The molecule has 7 nitrogen and oxygen atoms in total. The number of hydrogen-bond acceptors (Lipinski definition) is 5. The van der Waals surface area contributed by atoms with Crippen molar-refractivity contribution in [3.8, 4) is 0 Å². The lowest BCUT2D eigenvalue weighted by Gasteiger charge is -2.25. The predicted molar refractivity (Wildman–Crippen MR) is 118 cm³/mol. The molecule has 29 heavy (non-hydrogen) atoms. The summed E-state index contributed by atoms with van der Waals surface area (Å²) in [6.45, 7) is 5.20. The number of benzene rings is 1. The Morgan fingerprint density at radius 2 is 1.55 bits per heavy atom. The fourth-order valence-electron chi connectivity index (χ4n) is 3.63. The van der Waals surface area contributed by atoms with E-state index in [1.165, 1.54) is 0 Å². The van der Waals surface area contributed by atoms with E-state index in [1.807, 2.05) is 41.2 Å². The highest BCUT2D eigenvalue weighted by Crippen LogP contribution is 2.28. The van der Waals surface area contributed by atoms with Gasteiger partial charge in [0.15, 0.2) is 0 Å². The van der Waals surface area contributed by atoms with E-state index in [0.29, 0.717) is 36.5 Å². The molecule has 0 saturated carbocycles. The molecule has 8 heteroatoms. The maximum Gasteiger partial charge on any atom is 0.243 e. The van der Waals surface area contributed by atoms with Crippen LogP contribution in [0.5, 0.6) is 0 Å². The Labute approximate surface area is 176 Å². The Hall–Kier alpha value is -1.48. The molecule has 0 radical (unpaired) electrons. The van der Waals surface area contributed by atoms with Gasteiger partial charge in [-0.3, -0.25) is 4.79 Å². The van der Waals surface area contributed by atoms with Gasteiger partial charge in [0, 0.05) is 31.7 Å². The molecule has 0 spiro atoms. The molecule has 2 rings (SSSR count). The molecular weight excluding hydrogens is 388 g/mol. The van der Waals surface area contributed by atoms with Crippen LogP contribution in [0.15, 0.2) is 23.1 Å². The van der Waals surface area contributed by atoms with Gasteiger partial charge in [0.2, 0.25) is 15.9 Å². The fraction of sp³-hybridized carbons (Fsp3) is 0.667. The summed E-state index contributed by atoms with van der Waals surface area (Å²) in [5, 5.41) is 0. The van der Waals surface area contributed by atoms with Crippen LogP contribution in [0.1, 0.15) is 31.2 Å². The minimum Gasteiger partial charge on any atom is -0.312 e. The van der Waals surface area contributed by atoms with Crippen LogP contribution in [0, 0.1) is 6.92 Å². The van der Waals surface area contributed by atoms with Crippen molar-refractivity contribution in [3.63, 3.8) is 0 Å². The molecule has 1 heterocycles. The first-order valence-electron chi connectivity index (χ1n) is 10.3. The first-order chi connectivity index (χ1) is 13.6. The number of carbonyl (C=O) groups is 1. The van der Waals surface area contributed by atoms with Gasteiger partial charge in [-0.15, -0.1) is 0 Å². The fourth-order valence-corrected chi connectivity index (χ4v) is 5.35. The normalized spacial score (nSPS) is 15.3. The van der Waals surface area contributed by atoms with Gasteiger partial charge in [0.05, 0.1) is 4.90 Å². The zero-order valence-electron chi connectivity index (χ0n) is 18.5. The molecule has 1 saturated heterocycles. The summed E-state index contributed by atoms with van der Waals surface area (Å²) in [7, 11) is 4.39. The third-order valence-corrected chi connectivity index (χ3v) is 7.25. The topological polar surface area (TPSA) is 64.2 Å². The van der Waals surface area contributed by atoms with E-state index >= 15 is 0 Å². The molecule has 0 bridgehead atoms. The second kappa shape index (κ2) is 10.5. The first kappa shape index (κ1) is 23.8. The summed E-state index contributed by atoms with van der Waals surface area (Å²) in [5.41, 5.74) is 1.48. The number of aryl methyl sites for hydroxylation is 1. The van der Waals surface area contributed by atoms with Crippen LogP contribution in [-0.4, -0.2) is 89.3 Å². The van der Waals surface area contributed by atoms with Crippen LogP contribution >= 0.6 is 0 Å². The predicted octanol–water partition coefficient (Wildman–Crippen LogP) is 2.02. The van der Waals surface area contributed by atoms with Gasteiger partial charge in [-0.05, 0) is 91.2 Å². The smallest absolute Gasteiger partial charge is 0.243 e. The zero-order valence-corrected chi connectivity index (χ0v) is 19.3.